The predicted octanol–water partition coefficient (Wildman–Crippen LogP) is 2.72. The second-order valence-electron chi connectivity index (χ2n) is 3.83. The van der Waals surface area contributed by atoms with Crippen LogP contribution in [0.25, 0.3) is 0 Å². The van der Waals surface area contributed by atoms with E-state index >= 15 is 0 Å². The molecule has 0 aliphatic rings. The second-order valence-corrected chi connectivity index (χ2v) is 6.24. The average molecular weight is 279 g/mol. The second kappa shape index (κ2) is 4.59. The molecule has 14 heavy (non-hydrogen) atoms. The molecule has 3 nitrogen and oxygen atoms in total. The summed E-state index contributed by atoms with van der Waals surface area (Å²) in [4.78, 5) is 4.13. The predicted molar refractivity (Wildman–Crippen MR) is 63.8 cm³/mol. The summed E-state index contributed by atoms with van der Waals surface area (Å²) in [6, 6.07) is 0. The van der Waals surface area contributed by atoms with Crippen molar-refractivity contribution in [3.63, 3.8) is 0 Å². The highest BCUT2D eigenvalue weighted by Crippen LogP contribution is 2.24. The van der Waals surface area contributed by atoms with Gasteiger partial charge in [-0.3, -0.25) is 0 Å². The Bertz CT molecular complexity index is 299. The first kappa shape index (κ1) is 11.9. The van der Waals surface area contributed by atoms with Crippen LogP contribution < -0.4 is 5.32 Å². The molecule has 0 saturated carbocycles. The summed E-state index contributed by atoms with van der Waals surface area (Å²) in [6.07, 6.45) is 1.75. The third kappa shape index (κ3) is 3.22. The van der Waals surface area contributed by atoms with Crippen molar-refractivity contribution in [2.75, 3.05) is 11.9 Å². The van der Waals surface area contributed by atoms with Gasteiger partial charge in [-0.2, -0.15) is 0 Å². The zero-order valence-electron chi connectivity index (χ0n) is 8.54. The molecule has 0 aliphatic carbocycles. The number of rotatable bonds is 4. The molecule has 0 aromatic carbocycles. The fraction of sp³-hybridized carbons (Fsp3) is 0.667. The molecule has 0 aliphatic heterocycles. The van der Waals surface area contributed by atoms with Crippen LogP contribution in [0.15, 0.2) is 9.98 Å². The van der Waals surface area contributed by atoms with Crippen molar-refractivity contribution in [3.8, 4) is 0 Å². The molecular formula is C9H15BrN2OS. The van der Waals surface area contributed by atoms with E-state index in [0.29, 0.717) is 6.54 Å². The summed E-state index contributed by atoms with van der Waals surface area (Å²) >= 11 is 4.86. The van der Waals surface area contributed by atoms with Crippen LogP contribution in [-0.4, -0.2) is 22.2 Å². The third-order valence-corrected chi connectivity index (χ3v) is 3.75. The van der Waals surface area contributed by atoms with Gasteiger partial charge in [0.2, 0.25) is 0 Å². The van der Waals surface area contributed by atoms with Gasteiger partial charge in [0, 0.05) is 6.54 Å². The lowest BCUT2D eigenvalue weighted by Gasteiger charge is -2.27. The van der Waals surface area contributed by atoms with E-state index in [1.807, 2.05) is 20.8 Å². The number of halogens is 1. The molecule has 0 bridgehead atoms. The minimum Gasteiger partial charge on any atom is -0.388 e. The molecule has 1 heterocycles. The Morgan fingerprint density at radius 1 is 1.71 bits per heavy atom. The number of aromatic nitrogens is 1. The summed E-state index contributed by atoms with van der Waals surface area (Å²) in [5, 5.41) is 13.9. The Hall–Kier alpha value is -0.130. The van der Waals surface area contributed by atoms with Crippen LogP contribution in [0, 0.1) is 5.92 Å². The number of thiazole rings is 1. The van der Waals surface area contributed by atoms with Crippen molar-refractivity contribution in [2.45, 2.75) is 26.4 Å². The highest BCUT2D eigenvalue weighted by Gasteiger charge is 2.24. The Kier molecular flexibility index (Phi) is 3.92. The molecule has 0 spiro atoms. The number of hydrogen-bond acceptors (Lipinski definition) is 4. The lowest BCUT2D eigenvalue weighted by atomic mass is 9.93. The maximum atomic E-state index is 9.96. The van der Waals surface area contributed by atoms with Crippen LogP contribution in [0.3, 0.4) is 0 Å². The van der Waals surface area contributed by atoms with E-state index in [9.17, 15) is 5.11 Å². The Morgan fingerprint density at radius 3 is 2.79 bits per heavy atom. The van der Waals surface area contributed by atoms with Crippen LogP contribution in [-0.2, 0) is 0 Å². The van der Waals surface area contributed by atoms with Crippen molar-refractivity contribution < 1.29 is 5.11 Å². The van der Waals surface area contributed by atoms with Gasteiger partial charge in [-0.1, -0.05) is 25.2 Å². The molecule has 1 aromatic rings. The van der Waals surface area contributed by atoms with Gasteiger partial charge in [-0.25, -0.2) is 4.98 Å². The average Bonchev–Trinajstić information content (AvgIpc) is 2.48. The summed E-state index contributed by atoms with van der Waals surface area (Å²) < 4.78 is 0.990. The topological polar surface area (TPSA) is 45.1 Å². The molecule has 0 radical (unpaired) electrons. The highest BCUT2D eigenvalue weighted by molar-refractivity contribution is 9.11. The van der Waals surface area contributed by atoms with Gasteiger partial charge in [-0.15, -0.1) is 0 Å². The van der Waals surface area contributed by atoms with Crippen LogP contribution in [0.4, 0.5) is 5.13 Å². The van der Waals surface area contributed by atoms with Crippen LogP contribution >= 0.6 is 27.3 Å². The molecule has 5 heteroatoms. The zero-order chi connectivity index (χ0) is 10.8. The van der Waals surface area contributed by atoms with E-state index in [4.69, 9.17) is 0 Å². The summed E-state index contributed by atoms with van der Waals surface area (Å²) in [7, 11) is 0. The van der Waals surface area contributed by atoms with Crippen molar-refractivity contribution >= 4 is 32.4 Å². The van der Waals surface area contributed by atoms with Gasteiger partial charge in [0.1, 0.15) is 0 Å². The molecule has 1 unspecified atom stereocenters. The Labute approximate surface area is 96.7 Å². The van der Waals surface area contributed by atoms with E-state index in [1.54, 1.807) is 6.20 Å². The smallest absolute Gasteiger partial charge is 0.183 e. The molecule has 1 aromatic heterocycles. The van der Waals surface area contributed by atoms with Gasteiger partial charge in [0.05, 0.1) is 15.6 Å². The number of nitrogens with one attached hydrogen (secondary N) is 1. The van der Waals surface area contributed by atoms with Gasteiger partial charge >= 0.3 is 0 Å². The minimum absolute atomic E-state index is 0.221. The van der Waals surface area contributed by atoms with Crippen LogP contribution in [0.1, 0.15) is 20.8 Å². The standard InChI is InChI=1S/C9H15BrN2OS/c1-6(2)9(3,13)5-12-8-11-4-7(10)14-8/h4,6,13H,5H2,1-3H3,(H,11,12). The molecule has 1 rings (SSSR count). The van der Waals surface area contributed by atoms with E-state index in [2.05, 4.69) is 26.2 Å². The summed E-state index contributed by atoms with van der Waals surface area (Å²) in [5.74, 6) is 0.221. The molecule has 0 fully saturated rings. The minimum atomic E-state index is -0.696. The molecule has 2 N–H and O–H groups in total. The van der Waals surface area contributed by atoms with Crippen molar-refractivity contribution in [1.29, 1.82) is 0 Å². The fourth-order valence-electron chi connectivity index (χ4n) is 0.795. The van der Waals surface area contributed by atoms with Gasteiger partial charge in [-0.05, 0) is 28.8 Å². The summed E-state index contributed by atoms with van der Waals surface area (Å²) in [6.45, 7) is 6.34. The van der Waals surface area contributed by atoms with E-state index in [-0.39, 0.29) is 5.92 Å². The molecule has 1 atom stereocenters. The number of aliphatic hydroxyl groups is 1. The van der Waals surface area contributed by atoms with E-state index in [1.165, 1.54) is 11.3 Å². The molecular weight excluding hydrogens is 264 g/mol. The third-order valence-electron chi connectivity index (χ3n) is 2.32. The van der Waals surface area contributed by atoms with E-state index in [0.717, 1.165) is 8.92 Å². The SMILES string of the molecule is CC(C)C(C)(O)CNc1ncc(Br)s1. The zero-order valence-corrected chi connectivity index (χ0v) is 10.9. The molecule has 0 saturated heterocycles. The van der Waals surface area contributed by atoms with Crippen LogP contribution in [0.5, 0.6) is 0 Å². The maximum Gasteiger partial charge on any atom is 0.183 e. The van der Waals surface area contributed by atoms with Crippen molar-refractivity contribution in [1.82, 2.24) is 4.98 Å². The fourth-order valence-corrected chi connectivity index (χ4v) is 1.90. The largest absolute Gasteiger partial charge is 0.388 e. The lowest BCUT2D eigenvalue weighted by Crippen LogP contribution is -2.38. The Balaban J connectivity index is 2.48. The van der Waals surface area contributed by atoms with Gasteiger partial charge in [0.15, 0.2) is 5.13 Å². The normalized spacial score (nSPS) is 15.6. The molecule has 0 amide bonds. The van der Waals surface area contributed by atoms with E-state index < -0.39 is 5.60 Å². The first-order chi connectivity index (χ1) is 6.42. The highest BCUT2D eigenvalue weighted by atomic mass is 79.9. The summed E-state index contributed by atoms with van der Waals surface area (Å²) in [5.41, 5.74) is -0.696. The number of hydrogen-bond donors (Lipinski definition) is 2. The van der Waals surface area contributed by atoms with Gasteiger partial charge in [0.25, 0.3) is 0 Å². The van der Waals surface area contributed by atoms with Crippen molar-refractivity contribution in [3.05, 3.63) is 9.98 Å². The lowest BCUT2D eigenvalue weighted by molar-refractivity contribution is 0.0266. The number of nitrogens with zero attached hydrogens (tertiary/aromatic N) is 1. The number of anilines is 1. The molecule has 80 valence electrons. The van der Waals surface area contributed by atoms with Crippen LogP contribution in [0.2, 0.25) is 0 Å². The quantitative estimate of drug-likeness (QED) is 0.890. The first-order valence-corrected chi connectivity index (χ1v) is 6.10. The first-order valence-electron chi connectivity index (χ1n) is 4.49. The van der Waals surface area contributed by atoms with Gasteiger partial charge < -0.3 is 10.4 Å². The monoisotopic (exact) mass is 278 g/mol. The Morgan fingerprint density at radius 2 is 2.36 bits per heavy atom. The maximum absolute atomic E-state index is 9.96. The van der Waals surface area contributed by atoms with Crippen molar-refractivity contribution in [2.24, 2.45) is 5.92 Å².